The Morgan fingerprint density at radius 3 is 2.95 bits per heavy atom. The van der Waals surface area contributed by atoms with Gasteiger partial charge in [-0.15, -0.1) is 0 Å². The molecule has 0 aliphatic heterocycles. The van der Waals surface area contributed by atoms with Crippen LogP contribution in [0.25, 0.3) is 0 Å². The van der Waals surface area contributed by atoms with Crippen molar-refractivity contribution >= 4 is 23.1 Å². The number of anilines is 1. The first-order valence-electron chi connectivity index (χ1n) is 6.73. The van der Waals surface area contributed by atoms with Gasteiger partial charge in [0.1, 0.15) is 5.69 Å². The summed E-state index contributed by atoms with van der Waals surface area (Å²) in [6, 6.07) is 5.75. The highest BCUT2D eigenvalue weighted by Gasteiger charge is 2.26. The second-order valence-corrected chi connectivity index (χ2v) is 6.59. The van der Waals surface area contributed by atoms with E-state index in [4.69, 9.17) is 0 Å². The Balaban J connectivity index is 2.05. The van der Waals surface area contributed by atoms with Gasteiger partial charge < -0.3 is 5.32 Å². The molecule has 0 spiro atoms. The molecule has 0 saturated heterocycles. The number of thioether (sulfide) groups is 1. The first-order chi connectivity index (χ1) is 9.10. The first kappa shape index (κ1) is 14.2. The fourth-order valence-corrected chi connectivity index (χ4v) is 3.74. The predicted molar refractivity (Wildman–Crippen MR) is 81.0 cm³/mol. The van der Waals surface area contributed by atoms with E-state index in [-0.39, 0.29) is 10.6 Å². The molecule has 0 aromatic heterocycles. The lowest BCUT2D eigenvalue weighted by Gasteiger charge is -2.14. The summed E-state index contributed by atoms with van der Waals surface area (Å²) >= 11 is 1.99. The molecule has 19 heavy (non-hydrogen) atoms. The van der Waals surface area contributed by atoms with Crippen LogP contribution in [0.5, 0.6) is 0 Å². The van der Waals surface area contributed by atoms with Gasteiger partial charge in [-0.3, -0.25) is 10.1 Å². The smallest absolute Gasteiger partial charge is 0.292 e. The molecule has 104 valence electrons. The van der Waals surface area contributed by atoms with Crippen LogP contribution in [-0.2, 0) is 0 Å². The Labute approximate surface area is 118 Å². The number of hydrogen-bond donors (Lipinski definition) is 1. The van der Waals surface area contributed by atoms with Gasteiger partial charge in [-0.25, -0.2) is 0 Å². The molecule has 1 aliphatic carbocycles. The zero-order chi connectivity index (χ0) is 13.8. The minimum Gasteiger partial charge on any atom is -0.377 e. The number of nitrogens with one attached hydrogen (secondary N) is 1. The molecule has 2 rings (SSSR count). The van der Waals surface area contributed by atoms with E-state index >= 15 is 0 Å². The molecule has 2 atom stereocenters. The van der Waals surface area contributed by atoms with E-state index in [9.17, 15) is 10.1 Å². The summed E-state index contributed by atoms with van der Waals surface area (Å²) in [7, 11) is 0. The maximum absolute atomic E-state index is 11.1. The monoisotopic (exact) mass is 280 g/mol. The molecule has 4 nitrogen and oxygen atoms in total. The standard InChI is InChI=1S/C14H20N2O2S/c1-3-19-12-6-5-11(9-12)15-13-7-4-10(2)8-14(13)16(17)18/h4,7-8,11-12,15H,3,5-6,9H2,1-2H3. The zero-order valence-corrected chi connectivity index (χ0v) is 12.2. The van der Waals surface area contributed by atoms with Gasteiger partial charge in [0.15, 0.2) is 0 Å². The fourth-order valence-electron chi connectivity index (χ4n) is 2.59. The lowest BCUT2D eigenvalue weighted by Crippen LogP contribution is -2.17. The second kappa shape index (κ2) is 6.28. The number of aryl methyl sites for hydroxylation is 1. The maximum Gasteiger partial charge on any atom is 0.292 e. The quantitative estimate of drug-likeness (QED) is 0.654. The third-order valence-corrected chi connectivity index (χ3v) is 4.73. The van der Waals surface area contributed by atoms with Crippen molar-refractivity contribution in [1.82, 2.24) is 0 Å². The fraction of sp³-hybridized carbons (Fsp3) is 0.571. The van der Waals surface area contributed by atoms with Crippen molar-refractivity contribution in [3.05, 3.63) is 33.9 Å². The average molecular weight is 280 g/mol. The molecule has 1 aromatic rings. The van der Waals surface area contributed by atoms with Crippen LogP contribution in [0.1, 0.15) is 31.7 Å². The molecular formula is C14H20N2O2S. The topological polar surface area (TPSA) is 55.2 Å². The Bertz CT molecular complexity index is 465. The van der Waals surface area contributed by atoms with Crippen molar-refractivity contribution in [2.75, 3.05) is 11.1 Å². The minimum atomic E-state index is -0.303. The molecule has 1 aromatic carbocycles. The van der Waals surface area contributed by atoms with E-state index < -0.39 is 0 Å². The Morgan fingerprint density at radius 2 is 2.26 bits per heavy atom. The number of nitro benzene ring substituents is 1. The SMILES string of the molecule is CCSC1CCC(Nc2ccc(C)cc2[N+](=O)[O-])C1. The van der Waals surface area contributed by atoms with Gasteiger partial charge in [-0.2, -0.15) is 11.8 Å². The molecule has 1 saturated carbocycles. The van der Waals surface area contributed by atoms with Crippen molar-refractivity contribution in [2.24, 2.45) is 0 Å². The number of rotatable bonds is 5. The third-order valence-electron chi connectivity index (χ3n) is 3.50. The van der Waals surface area contributed by atoms with Gasteiger partial charge in [-0.05, 0) is 43.6 Å². The van der Waals surface area contributed by atoms with Crippen LogP contribution in [0, 0.1) is 17.0 Å². The Kier molecular flexibility index (Phi) is 4.69. The highest BCUT2D eigenvalue weighted by atomic mass is 32.2. The average Bonchev–Trinajstić information content (AvgIpc) is 2.79. The van der Waals surface area contributed by atoms with Crippen LogP contribution in [0.4, 0.5) is 11.4 Å². The largest absolute Gasteiger partial charge is 0.377 e. The first-order valence-corrected chi connectivity index (χ1v) is 7.78. The van der Waals surface area contributed by atoms with Gasteiger partial charge in [0.2, 0.25) is 0 Å². The lowest BCUT2D eigenvalue weighted by atomic mass is 10.1. The molecule has 2 unspecified atom stereocenters. The minimum absolute atomic E-state index is 0.187. The summed E-state index contributed by atoms with van der Waals surface area (Å²) in [6.45, 7) is 4.05. The van der Waals surface area contributed by atoms with Crippen molar-refractivity contribution in [2.45, 2.75) is 44.4 Å². The number of nitrogens with zero attached hydrogens (tertiary/aromatic N) is 1. The number of benzene rings is 1. The van der Waals surface area contributed by atoms with Gasteiger partial charge in [0.05, 0.1) is 4.92 Å². The van der Waals surface area contributed by atoms with Crippen LogP contribution in [-0.4, -0.2) is 22.0 Å². The molecule has 0 radical (unpaired) electrons. The summed E-state index contributed by atoms with van der Waals surface area (Å²) < 4.78 is 0. The second-order valence-electron chi connectivity index (χ2n) is 5.01. The number of nitro groups is 1. The summed E-state index contributed by atoms with van der Waals surface area (Å²) in [5.74, 6) is 1.14. The molecule has 1 N–H and O–H groups in total. The van der Waals surface area contributed by atoms with E-state index in [1.54, 1.807) is 6.07 Å². The third kappa shape index (κ3) is 3.62. The predicted octanol–water partition coefficient (Wildman–Crippen LogP) is 3.99. The van der Waals surface area contributed by atoms with Crippen LogP contribution < -0.4 is 5.32 Å². The van der Waals surface area contributed by atoms with Crippen LogP contribution >= 0.6 is 11.8 Å². The molecule has 0 bridgehead atoms. The molecule has 1 aliphatic rings. The van der Waals surface area contributed by atoms with Gasteiger partial charge in [0.25, 0.3) is 5.69 Å². The van der Waals surface area contributed by atoms with Crippen molar-refractivity contribution in [3.8, 4) is 0 Å². The maximum atomic E-state index is 11.1. The van der Waals surface area contributed by atoms with Crippen LogP contribution in [0.15, 0.2) is 18.2 Å². The van der Waals surface area contributed by atoms with Crippen LogP contribution in [0.3, 0.4) is 0 Å². The highest BCUT2D eigenvalue weighted by molar-refractivity contribution is 7.99. The highest BCUT2D eigenvalue weighted by Crippen LogP contribution is 2.34. The molecule has 1 fully saturated rings. The van der Waals surface area contributed by atoms with Crippen molar-refractivity contribution in [1.29, 1.82) is 0 Å². The molecule has 5 heteroatoms. The molecule has 0 amide bonds. The summed E-state index contributed by atoms with van der Waals surface area (Å²) in [6.07, 6.45) is 3.40. The lowest BCUT2D eigenvalue weighted by molar-refractivity contribution is -0.384. The summed E-state index contributed by atoms with van der Waals surface area (Å²) in [5, 5.41) is 15.1. The number of hydrogen-bond acceptors (Lipinski definition) is 4. The van der Waals surface area contributed by atoms with Gasteiger partial charge in [-0.1, -0.05) is 13.0 Å². The summed E-state index contributed by atoms with van der Waals surface area (Å²) in [4.78, 5) is 10.8. The zero-order valence-electron chi connectivity index (χ0n) is 11.4. The van der Waals surface area contributed by atoms with Gasteiger partial charge in [0, 0.05) is 17.4 Å². The van der Waals surface area contributed by atoms with Crippen molar-refractivity contribution in [3.63, 3.8) is 0 Å². The molecule has 0 heterocycles. The van der Waals surface area contributed by atoms with E-state index in [2.05, 4.69) is 12.2 Å². The van der Waals surface area contributed by atoms with Crippen LogP contribution in [0.2, 0.25) is 0 Å². The van der Waals surface area contributed by atoms with Gasteiger partial charge >= 0.3 is 0 Å². The van der Waals surface area contributed by atoms with E-state index in [1.165, 1.54) is 6.42 Å². The molecular weight excluding hydrogens is 260 g/mol. The Hall–Kier alpha value is -1.23. The normalized spacial score (nSPS) is 22.4. The van der Waals surface area contributed by atoms with Crippen molar-refractivity contribution < 1.29 is 4.92 Å². The summed E-state index contributed by atoms with van der Waals surface area (Å²) in [5.41, 5.74) is 1.76. The van der Waals surface area contributed by atoms with E-state index in [1.807, 2.05) is 30.8 Å². The van der Waals surface area contributed by atoms with E-state index in [0.29, 0.717) is 17.0 Å². The Morgan fingerprint density at radius 1 is 1.47 bits per heavy atom. The van der Waals surface area contributed by atoms with E-state index in [0.717, 1.165) is 24.2 Å².